The summed E-state index contributed by atoms with van der Waals surface area (Å²) in [6.45, 7) is 5.52. The second-order valence-corrected chi connectivity index (χ2v) is 4.43. The Morgan fingerprint density at radius 3 is 2.28 bits per heavy atom. The van der Waals surface area contributed by atoms with Gasteiger partial charge in [-0.3, -0.25) is 9.59 Å². The lowest BCUT2D eigenvalue weighted by molar-refractivity contribution is -0.114. The van der Waals surface area contributed by atoms with E-state index in [2.05, 4.69) is 5.32 Å². The minimum Gasteiger partial charge on any atom is -0.339 e. The number of nitrogens with zero attached hydrogens (tertiary/aromatic N) is 1. The van der Waals surface area contributed by atoms with Crippen LogP contribution in [0.5, 0.6) is 0 Å². The fraction of sp³-hybridized carbons (Fsp3) is 0.429. The molecule has 0 bridgehead atoms. The fourth-order valence-corrected chi connectivity index (χ4v) is 1.58. The van der Waals surface area contributed by atoms with Crippen LogP contribution in [0.2, 0.25) is 0 Å². The van der Waals surface area contributed by atoms with Crippen LogP contribution in [0, 0.1) is 0 Å². The van der Waals surface area contributed by atoms with Gasteiger partial charge in [-0.2, -0.15) is 0 Å². The quantitative estimate of drug-likeness (QED) is 0.890. The first-order valence-corrected chi connectivity index (χ1v) is 6.10. The summed E-state index contributed by atoms with van der Waals surface area (Å²) in [5, 5.41) is 2.67. The van der Waals surface area contributed by atoms with Crippen molar-refractivity contribution in [3.8, 4) is 0 Å². The van der Waals surface area contributed by atoms with Crippen LogP contribution in [0.15, 0.2) is 24.3 Å². The average molecular weight is 248 g/mol. The third-order valence-electron chi connectivity index (χ3n) is 3.02. The fourth-order valence-electron chi connectivity index (χ4n) is 1.58. The number of carbonyl (C=O) groups excluding carboxylic acids is 2. The molecule has 98 valence electrons. The van der Waals surface area contributed by atoms with E-state index in [0.717, 1.165) is 6.42 Å². The van der Waals surface area contributed by atoms with Gasteiger partial charge < -0.3 is 10.2 Å². The van der Waals surface area contributed by atoms with Crippen molar-refractivity contribution in [1.82, 2.24) is 4.90 Å². The van der Waals surface area contributed by atoms with Gasteiger partial charge >= 0.3 is 0 Å². The number of hydrogen-bond acceptors (Lipinski definition) is 2. The molecule has 1 unspecified atom stereocenters. The van der Waals surface area contributed by atoms with Crippen molar-refractivity contribution in [2.75, 3.05) is 12.4 Å². The first-order chi connectivity index (χ1) is 8.45. The van der Waals surface area contributed by atoms with Gasteiger partial charge in [0.25, 0.3) is 5.91 Å². The van der Waals surface area contributed by atoms with Gasteiger partial charge in [-0.05, 0) is 37.6 Å². The summed E-state index contributed by atoms with van der Waals surface area (Å²) in [4.78, 5) is 24.7. The molecule has 4 heteroatoms. The van der Waals surface area contributed by atoms with E-state index >= 15 is 0 Å². The molecule has 0 saturated heterocycles. The van der Waals surface area contributed by atoms with Crippen LogP contribution in [0.3, 0.4) is 0 Å². The summed E-state index contributed by atoms with van der Waals surface area (Å²) < 4.78 is 0. The molecule has 0 aromatic heterocycles. The second kappa shape index (κ2) is 6.19. The first-order valence-electron chi connectivity index (χ1n) is 6.10. The SMILES string of the molecule is CCC(C)N(C)C(=O)c1ccc(NC(C)=O)cc1. The molecule has 1 rings (SSSR count). The van der Waals surface area contributed by atoms with Crippen molar-refractivity contribution >= 4 is 17.5 Å². The molecule has 0 aliphatic heterocycles. The Morgan fingerprint density at radius 2 is 1.83 bits per heavy atom. The topological polar surface area (TPSA) is 49.4 Å². The van der Waals surface area contributed by atoms with Crippen LogP contribution in [0.25, 0.3) is 0 Å². The molecule has 0 spiro atoms. The van der Waals surface area contributed by atoms with Gasteiger partial charge in [0.05, 0.1) is 0 Å². The smallest absolute Gasteiger partial charge is 0.253 e. The molecule has 1 N–H and O–H groups in total. The van der Waals surface area contributed by atoms with Gasteiger partial charge in [-0.1, -0.05) is 6.92 Å². The highest BCUT2D eigenvalue weighted by Gasteiger charge is 2.15. The number of rotatable bonds is 4. The normalized spacial score (nSPS) is 11.8. The number of nitrogens with one attached hydrogen (secondary N) is 1. The maximum atomic E-state index is 12.1. The predicted molar refractivity (Wildman–Crippen MR) is 72.6 cm³/mol. The monoisotopic (exact) mass is 248 g/mol. The van der Waals surface area contributed by atoms with Crippen molar-refractivity contribution in [3.05, 3.63) is 29.8 Å². The van der Waals surface area contributed by atoms with Crippen LogP contribution < -0.4 is 5.32 Å². The highest BCUT2D eigenvalue weighted by Crippen LogP contribution is 2.13. The average Bonchev–Trinajstić information content (AvgIpc) is 2.36. The minimum atomic E-state index is -0.120. The maximum absolute atomic E-state index is 12.1. The van der Waals surface area contributed by atoms with E-state index in [1.54, 1.807) is 36.2 Å². The highest BCUT2D eigenvalue weighted by molar-refractivity contribution is 5.95. The Labute approximate surface area is 108 Å². The maximum Gasteiger partial charge on any atom is 0.253 e. The molecule has 0 saturated carbocycles. The number of benzene rings is 1. The van der Waals surface area contributed by atoms with Crippen LogP contribution in [-0.4, -0.2) is 29.8 Å². The largest absolute Gasteiger partial charge is 0.339 e. The van der Waals surface area contributed by atoms with Crippen molar-refractivity contribution < 1.29 is 9.59 Å². The number of amides is 2. The number of carbonyl (C=O) groups is 2. The van der Waals surface area contributed by atoms with Gasteiger partial charge in [0.1, 0.15) is 0 Å². The molecule has 2 amide bonds. The minimum absolute atomic E-state index is 0.00118. The molecule has 1 aromatic carbocycles. The summed E-state index contributed by atoms with van der Waals surface area (Å²) in [5.41, 5.74) is 1.33. The molecule has 0 heterocycles. The lowest BCUT2D eigenvalue weighted by Crippen LogP contribution is -2.34. The summed E-state index contributed by atoms with van der Waals surface area (Å²) in [6.07, 6.45) is 0.923. The highest BCUT2D eigenvalue weighted by atomic mass is 16.2. The molecule has 18 heavy (non-hydrogen) atoms. The zero-order valence-corrected chi connectivity index (χ0v) is 11.4. The molecular formula is C14H20N2O2. The predicted octanol–water partition coefficient (Wildman–Crippen LogP) is 2.52. The summed E-state index contributed by atoms with van der Waals surface area (Å²) in [6, 6.07) is 7.14. The Hall–Kier alpha value is -1.84. The Morgan fingerprint density at radius 1 is 1.28 bits per heavy atom. The Kier molecular flexibility index (Phi) is 4.89. The lowest BCUT2D eigenvalue weighted by atomic mass is 10.1. The van der Waals surface area contributed by atoms with E-state index in [9.17, 15) is 9.59 Å². The summed E-state index contributed by atoms with van der Waals surface area (Å²) >= 11 is 0. The Bertz CT molecular complexity index is 426. The standard InChI is InChI=1S/C14H20N2O2/c1-5-10(2)16(4)14(18)12-6-8-13(9-7-12)15-11(3)17/h6-10H,5H2,1-4H3,(H,15,17). The molecular weight excluding hydrogens is 228 g/mol. The van der Waals surface area contributed by atoms with Crippen molar-refractivity contribution in [2.24, 2.45) is 0 Å². The van der Waals surface area contributed by atoms with Gasteiger partial charge in [-0.25, -0.2) is 0 Å². The molecule has 0 radical (unpaired) electrons. The molecule has 0 aliphatic rings. The zero-order valence-electron chi connectivity index (χ0n) is 11.4. The number of anilines is 1. The van der Waals surface area contributed by atoms with E-state index < -0.39 is 0 Å². The molecule has 0 aliphatic carbocycles. The van der Waals surface area contributed by atoms with Crippen molar-refractivity contribution in [3.63, 3.8) is 0 Å². The van der Waals surface area contributed by atoms with Crippen LogP contribution >= 0.6 is 0 Å². The first kappa shape index (κ1) is 14.2. The second-order valence-electron chi connectivity index (χ2n) is 4.43. The molecule has 1 atom stereocenters. The lowest BCUT2D eigenvalue weighted by Gasteiger charge is -2.23. The summed E-state index contributed by atoms with van der Waals surface area (Å²) in [5.74, 6) is -0.121. The van der Waals surface area contributed by atoms with E-state index in [4.69, 9.17) is 0 Å². The van der Waals surface area contributed by atoms with Crippen LogP contribution in [-0.2, 0) is 4.79 Å². The van der Waals surface area contributed by atoms with Gasteiger partial charge in [0.15, 0.2) is 0 Å². The van der Waals surface area contributed by atoms with E-state index in [1.807, 2.05) is 13.8 Å². The molecule has 1 aromatic rings. The third-order valence-corrected chi connectivity index (χ3v) is 3.02. The number of hydrogen-bond donors (Lipinski definition) is 1. The summed E-state index contributed by atoms with van der Waals surface area (Å²) in [7, 11) is 1.80. The molecule has 0 fully saturated rings. The van der Waals surface area contributed by atoms with Gasteiger partial charge in [0.2, 0.25) is 5.91 Å². The van der Waals surface area contributed by atoms with E-state index in [-0.39, 0.29) is 17.9 Å². The zero-order chi connectivity index (χ0) is 13.7. The molecule has 4 nitrogen and oxygen atoms in total. The third kappa shape index (κ3) is 3.58. The van der Waals surface area contributed by atoms with Crippen molar-refractivity contribution in [2.45, 2.75) is 33.2 Å². The van der Waals surface area contributed by atoms with Crippen LogP contribution in [0.4, 0.5) is 5.69 Å². The van der Waals surface area contributed by atoms with Crippen molar-refractivity contribution in [1.29, 1.82) is 0 Å². The van der Waals surface area contributed by atoms with Gasteiger partial charge in [-0.15, -0.1) is 0 Å². The van der Waals surface area contributed by atoms with E-state index in [1.165, 1.54) is 6.92 Å². The van der Waals surface area contributed by atoms with Gasteiger partial charge in [0, 0.05) is 31.3 Å². The van der Waals surface area contributed by atoms with E-state index in [0.29, 0.717) is 11.3 Å². The van der Waals surface area contributed by atoms with Crippen LogP contribution in [0.1, 0.15) is 37.6 Å². The Balaban J connectivity index is 2.78.